The van der Waals surface area contributed by atoms with Crippen LogP contribution < -0.4 is 11.1 Å². The number of aromatic nitrogens is 2. The number of carbonyl (C=O) groups is 1. The van der Waals surface area contributed by atoms with E-state index in [4.69, 9.17) is 10.2 Å². The van der Waals surface area contributed by atoms with Gasteiger partial charge in [-0.3, -0.25) is 4.79 Å². The van der Waals surface area contributed by atoms with E-state index in [2.05, 4.69) is 15.3 Å². The highest BCUT2D eigenvalue weighted by molar-refractivity contribution is 5.98. The number of nitrogens with zero attached hydrogens (tertiary/aromatic N) is 2. The third kappa shape index (κ3) is 3.34. The third-order valence-electron chi connectivity index (χ3n) is 3.15. The molecule has 6 nitrogen and oxygen atoms in total. The summed E-state index contributed by atoms with van der Waals surface area (Å²) >= 11 is 0. The molecule has 3 N–H and O–H groups in total. The van der Waals surface area contributed by atoms with Crippen LogP contribution in [0, 0.1) is 5.82 Å². The number of rotatable bonds is 4. The summed E-state index contributed by atoms with van der Waals surface area (Å²) < 4.78 is 18.3. The van der Waals surface area contributed by atoms with Crippen molar-refractivity contribution >= 4 is 11.7 Å². The Kier molecular flexibility index (Phi) is 4.01. The van der Waals surface area contributed by atoms with Crippen LogP contribution in [-0.2, 0) is 6.54 Å². The molecule has 0 aliphatic heterocycles. The van der Waals surface area contributed by atoms with Crippen LogP contribution in [0.5, 0.6) is 0 Å². The molecule has 7 heteroatoms. The minimum atomic E-state index is -0.433. The normalized spacial score (nSPS) is 10.5. The van der Waals surface area contributed by atoms with Gasteiger partial charge in [-0.05, 0) is 29.8 Å². The summed E-state index contributed by atoms with van der Waals surface area (Å²) in [6.45, 7) is 0.177. The summed E-state index contributed by atoms with van der Waals surface area (Å²) in [4.78, 5) is 20.3. The standard InChI is InChI=1S/C16H13FN4O2/c17-11-4-1-3-10(7-11)8-20-16(22)12-9-19-15(21-14(12)18)13-5-2-6-23-13/h1-7,9H,8H2,(H,20,22)(H2,18,19,21). The van der Waals surface area contributed by atoms with Crippen LogP contribution in [0.2, 0.25) is 0 Å². The summed E-state index contributed by atoms with van der Waals surface area (Å²) in [5.41, 5.74) is 6.60. The van der Waals surface area contributed by atoms with E-state index in [-0.39, 0.29) is 23.7 Å². The summed E-state index contributed by atoms with van der Waals surface area (Å²) in [5, 5.41) is 2.65. The average Bonchev–Trinajstić information content (AvgIpc) is 3.07. The van der Waals surface area contributed by atoms with E-state index in [9.17, 15) is 9.18 Å². The van der Waals surface area contributed by atoms with Crippen LogP contribution in [-0.4, -0.2) is 15.9 Å². The van der Waals surface area contributed by atoms with Crippen molar-refractivity contribution in [3.63, 3.8) is 0 Å². The summed E-state index contributed by atoms with van der Waals surface area (Å²) in [7, 11) is 0. The Morgan fingerprint density at radius 3 is 2.87 bits per heavy atom. The van der Waals surface area contributed by atoms with Gasteiger partial charge in [-0.15, -0.1) is 0 Å². The number of hydrogen-bond donors (Lipinski definition) is 2. The van der Waals surface area contributed by atoms with Crippen molar-refractivity contribution in [1.82, 2.24) is 15.3 Å². The van der Waals surface area contributed by atoms with Crippen LogP contribution >= 0.6 is 0 Å². The maximum Gasteiger partial charge on any atom is 0.256 e. The van der Waals surface area contributed by atoms with Gasteiger partial charge in [-0.2, -0.15) is 0 Å². The minimum Gasteiger partial charge on any atom is -0.461 e. The van der Waals surface area contributed by atoms with Crippen molar-refractivity contribution in [1.29, 1.82) is 0 Å². The SMILES string of the molecule is Nc1nc(-c2ccco2)ncc1C(=O)NCc1cccc(F)c1. The number of nitrogens with two attached hydrogens (primary N) is 1. The fraction of sp³-hybridized carbons (Fsp3) is 0.0625. The number of furan rings is 1. The molecule has 1 aromatic carbocycles. The first-order valence-corrected chi connectivity index (χ1v) is 6.82. The van der Waals surface area contributed by atoms with Gasteiger partial charge >= 0.3 is 0 Å². The molecular weight excluding hydrogens is 299 g/mol. The molecule has 0 unspecified atom stereocenters. The molecule has 2 heterocycles. The predicted octanol–water partition coefficient (Wildman–Crippen LogP) is 2.39. The van der Waals surface area contributed by atoms with E-state index < -0.39 is 5.91 Å². The zero-order valence-corrected chi connectivity index (χ0v) is 12.0. The Hall–Kier alpha value is -3.22. The minimum absolute atomic E-state index is 0.0446. The molecule has 23 heavy (non-hydrogen) atoms. The highest BCUT2D eigenvalue weighted by atomic mass is 19.1. The Bertz CT molecular complexity index is 834. The Balaban J connectivity index is 1.72. The Labute approximate surface area is 131 Å². The molecule has 0 radical (unpaired) electrons. The lowest BCUT2D eigenvalue weighted by Crippen LogP contribution is -2.24. The van der Waals surface area contributed by atoms with Gasteiger partial charge in [-0.1, -0.05) is 12.1 Å². The lowest BCUT2D eigenvalue weighted by Gasteiger charge is -2.07. The average molecular weight is 312 g/mol. The van der Waals surface area contributed by atoms with E-state index >= 15 is 0 Å². The summed E-state index contributed by atoms with van der Waals surface area (Å²) in [5.74, 6) is 0.0147. The number of benzene rings is 1. The molecule has 0 aliphatic carbocycles. The number of amides is 1. The molecule has 3 rings (SSSR count). The second-order valence-electron chi connectivity index (χ2n) is 4.78. The summed E-state index contributed by atoms with van der Waals surface area (Å²) in [6, 6.07) is 9.37. The second kappa shape index (κ2) is 6.27. The number of nitrogens with one attached hydrogen (secondary N) is 1. The largest absolute Gasteiger partial charge is 0.461 e. The highest BCUT2D eigenvalue weighted by Gasteiger charge is 2.14. The molecule has 116 valence electrons. The van der Waals surface area contributed by atoms with Gasteiger partial charge in [0.25, 0.3) is 5.91 Å². The molecule has 0 bridgehead atoms. The van der Waals surface area contributed by atoms with Crippen LogP contribution in [0.4, 0.5) is 10.2 Å². The predicted molar refractivity (Wildman–Crippen MR) is 81.7 cm³/mol. The third-order valence-corrected chi connectivity index (χ3v) is 3.15. The molecule has 3 aromatic rings. The van der Waals surface area contributed by atoms with Crippen molar-refractivity contribution in [2.24, 2.45) is 0 Å². The maximum atomic E-state index is 13.1. The van der Waals surface area contributed by atoms with Gasteiger partial charge < -0.3 is 15.5 Å². The first-order valence-electron chi connectivity index (χ1n) is 6.82. The van der Waals surface area contributed by atoms with Gasteiger partial charge in [0, 0.05) is 12.7 Å². The Morgan fingerprint density at radius 2 is 2.17 bits per heavy atom. The van der Waals surface area contributed by atoms with Crippen molar-refractivity contribution in [2.75, 3.05) is 5.73 Å². The van der Waals surface area contributed by atoms with E-state index in [1.807, 2.05) is 0 Å². The smallest absolute Gasteiger partial charge is 0.256 e. The molecule has 0 aliphatic rings. The van der Waals surface area contributed by atoms with Crippen LogP contribution in [0.3, 0.4) is 0 Å². The van der Waals surface area contributed by atoms with E-state index in [1.54, 1.807) is 24.3 Å². The lowest BCUT2D eigenvalue weighted by atomic mass is 10.2. The zero-order chi connectivity index (χ0) is 16.2. The van der Waals surface area contributed by atoms with Gasteiger partial charge in [0.2, 0.25) is 0 Å². The molecule has 0 spiro atoms. The molecule has 1 amide bonds. The number of anilines is 1. The van der Waals surface area contributed by atoms with Crippen LogP contribution in [0.25, 0.3) is 11.6 Å². The number of hydrogen-bond acceptors (Lipinski definition) is 5. The molecule has 0 atom stereocenters. The Morgan fingerprint density at radius 1 is 1.30 bits per heavy atom. The van der Waals surface area contributed by atoms with Crippen molar-refractivity contribution in [2.45, 2.75) is 6.54 Å². The topological polar surface area (TPSA) is 94.0 Å². The lowest BCUT2D eigenvalue weighted by molar-refractivity contribution is 0.0951. The molecule has 2 aromatic heterocycles. The maximum absolute atomic E-state index is 13.1. The highest BCUT2D eigenvalue weighted by Crippen LogP contribution is 2.18. The summed E-state index contributed by atoms with van der Waals surface area (Å²) in [6.07, 6.45) is 2.83. The van der Waals surface area contributed by atoms with Crippen molar-refractivity contribution in [3.8, 4) is 11.6 Å². The van der Waals surface area contributed by atoms with Crippen molar-refractivity contribution in [3.05, 3.63) is 65.8 Å². The van der Waals surface area contributed by atoms with E-state index in [0.29, 0.717) is 17.1 Å². The molecular formula is C16H13FN4O2. The van der Waals surface area contributed by atoms with E-state index in [0.717, 1.165) is 0 Å². The molecule has 0 saturated carbocycles. The fourth-order valence-electron chi connectivity index (χ4n) is 2.02. The van der Waals surface area contributed by atoms with Gasteiger partial charge in [0.15, 0.2) is 11.6 Å². The van der Waals surface area contributed by atoms with Crippen LogP contribution in [0.15, 0.2) is 53.3 Å². The van der Waals surface area contributed by atoms with Gasteiger partial charge in [0.1, 0.15) is 11.6 Å². The number of carbonyl (C=O) groups excluding carboxylic acids is 1. The van der Waals surface area contributed by atoms with E-state index in [1.165, 1.54) is 24.6 Å². The van der Waals surface area contributed by atoms with Crippen molar-refractivity contribution < 1.29 is 13.6 Å². The van der Waals surface area contributed by atoms with Gasteiger partial charge in [0.05, 0.1) is 11.8 Å². The molecule has 0 fully saturated rings. The first kappa shape index (κ1) is 14.7. The molecule has 0 saturated heterocycles. The number of nitrogen functional groups attached to an aromatic ring is 1. The monoisotopic (exact) mass is 312 g/mol. The first-order chi connectivity index (χ1) is 11.1. The zero-order valence-electron chi connectivity index (χ0n) is 12.0. The quantitative estimate of drug-likeness (QED) is 0.771. The van der Waals surface area contributed by atoms with Gasteiger partial charge in [-0.25, -0.2) is 14.4 Å². The number of halogens is 1. The fourth-order valence-corrected chi connectivity index (χ4v) is 2.02. The second-order valence-corrected chi connectivity index (χ2v) is 4.78. The van der Waals surface area contributed by atoms with Crippen LogP contribution in [0.1, 0.15) is 15.9 Å².